The molecule has 0 saturated carbocycles. The van der Waals surface area contributed by atoms with Gasteiger partial charge in [0.2, 0.25) is 0 Å². The van der Waals surface area contributed by atoms with Crippen molar-refractivity contribution in [2.45, 2.75) is 51.2 Å². The van der Waals surface area contributed by atoms with Gasteiger partial charge in [0.05, 0.1) is 12.6 Å². The second-order valence-corrected chi connectivity index (χ2v) is 7.93. The van der Waals surface area contributed by atoms with Crippen LogP contribution in [0.3, 0.4) is 0 Å². The molecule has 3 nitrogen and oxygen atoms in total. The van der Waals surface area contributed by atoms with E-state index in [4.69, 9.17) is 21.9 Å². The third-order valence-electron chi connectivity index (χ3n) is 5.00. The number of hydrogen-bond acceptors (Lipinski definition) is 3. The lowest BCUT2D eigenvalue weighted by atomic mass is 9.96. The molecule has 0 radical (unpaired) electrons. The van der Waals surface area contributed by atoms with Crippen molar-refractivity contribution in [3.05, 3.63) is 44.6 Å². The maximum absolute atomic E-state index is 5.91. The zero-order valence-electron chi connectivity index (χ0n) is 13.6. The number of benzene rings is 1. The first-order valence-electron chi connectivity index (χ1n) is 8.72. The average Bonchev–Trinajstić information content (AvgIpc) is 3.11. The normalized spacial score (nSPS) is 20.1. The molecule has 0 N–H and O–H groups in total. The molecule has 0 spiro atoms. The van der Waals surface area contributed by atoms with Crippen molar-refractivity contribution in [3.8, 4) is 11.4 Å². The fraction of sp³-hybridized carbons (Fsp3) is 0.474. The van der Waals surface area contributed by atoms with Crippen LogP contribution in [0.1, 0.15) is 36.9 Å². The largest absolute Gasteiger partial charge is 0.376 e. The summed E-state index contributed by atoms with van der Waals surface area (Å²) in [5, 5.41) is 0. The molecule has 0 unspecified atom stereocenters. The quantitative estimate of drug-likeness (QED) is 0.665. The molecule has 1 atom stereocenters. The predicted octanol–water partition coefficient (Wildman–Crippen LogP) is 5.10. The third-order valence-corrected chi connectivity index (χ3v) is 5.86. The van der Waals surface area contributed by atoms with Crippen LogP contribution in [0, 0.1) is 4.64 Å². The fourth-order valence-electron chi connectivity index (χ4n) is 3.78. The first kappa shape index (κ1) is 16.4. The number of hydrogen-bond donors (Lipinski definition) is 0. The van der Waals surface area contributed by atoms with Crippen molar-refractivity contribution >= 4 is 28.1 Å². The SMILES string of the molecule is S=c1nc(-c2ccc(Br)cc2)n(C[C@H]2CCCO2)c2c1CCCC2. The molecule has 2 aromatic rings. The van der Waals surface area contributed by atoms with Crippen LogP contribution in [0.25, 0.3) is 11.4 Å². The zero-order chi connectivity index (χ0) is 16.5. The first-order valence-corrected chi connectivity index (χ1v) is 9.92. The van der Waals surface area contributed by atoms with Gasteiger partial charge in [-0.3, -0.25) is 0 Å². The Balaban J connectivity index is 1.85. The lowest BCUT2D eigenvalue weighted by molar-refractivity contribution is 0.0961. The van der Waals surface area contributed by atoms with Gasteiger partial charge in [0.25, 0.3) is 0 Å². The molecular formula is C19H21BrN2OS. The van der Waals surface area contributed by atoms with E-state index in [1.807, 2.05) is 0 Å². The zero-order valence-corrected chi connectivity index (χ0v) is 16.0. The Morgan fingerprint density at radius 3 is 2.71 bits per heavy atom. The summed E-state index contributed by atoms with van der Waals surface area (Å²) in [6.07, 6.45) is 7.20. The highest BCUT2D eigenvalue weighted by molar-refractivity contribution is 9.10. The summed E-state index contributed by atoms with van der Waals surface area (Å²) in [6, 6.07) is 8.36. The minimum absolute atomic E-state index is 0.299. The second kappa shape index (κ2) is 7.06. The Labute approximate surface area is 156 Å². The van der Waals surface area contributed by atoms with E-state index in [0.717, 1.165) is 59.3 Å². The third kappa shape index (κ3) is 3.22. The van der Waals surface area contributed by atoms with Crippen LogP contribution in [0.4, 0.5) is 0 Å². The van der Waals surface area contributed by atoms with Crippen LogP contribution < -0.4 is 0 Å². The molecule has 126 valence electrons. The van der Waals surface area contributed by atoms with Gasteiger partial charge in [0.1, 0.15) is 10.5 Å². The average molecular weight is 405 g/mol. The van der Waals surface area contributed by atoms with E-state index >= 15 is 0 Å². The van der Waals surface area contributed by atoms with Gasteiger partial charge in [-0.2, -0.15) is 0 Å². The van der Waals surface area contributed by atoms with E-state index in [1.54, 1.807) is 0 Å². The number of fused-ring (bicyclic) bond motifs is 1. The maximum Gasteiger partial charge on any atom is 0.141 e. The van der Waals surface area contributed by atoms with Gasteiger partial charge >= 0.3 is 0 Å². The minimum atomic E-state index is 0.299. The highest BCUT2D eigenvalue weighted by atomic mass is 79.9. The summed E-state index contributed by atoms with van der Waals surface area (Å²) in [5.41, 5.74) is 3.79. The second-order valence-electron chi connectivity index (χ2n) is 6.63. The van der Waals surface area contributed by atoms with E-state index in [-0.39, 0.29) is 0 Å². The molecule has 1 fully saturated rings. The van der Waals surface area contributed by atoms with Crippen LogP contribution in [0.2, 0.25) is 0 Å². The van der Waals surface area contributed by atoms with Gasteiger partial charge in [-0.1, -0.05) is 40.3 Å². The number of halogens is 1. The molecular weight excluding hydrogens is 384 g/mol. The molecule has 2 heterocycles. The van der Waals surface area contributed by atoms with Crippen LogP contribution in [0.15, 0.2) is 28.7 Å². The van der Waals surface area contributed by atoms with Gasteiger partial charge in [0, 0.05) is 27.9 Å². The van der Waals surface area contributed by atoms with Crippen molar-refractivity contribution in [3.63, 3.8) is 0 Å². The highest BCUT2D eigenvalue weighted by Crippen LogP contribution is 2.29. The van der Waals surface area contributed by atoms with Crippen molar-refractivity contribution in [2.24, 2.45) is 0 Å². The predicted molar refractivity (Wildman–Crippen MR) is 102 cm³/mol. The molecule has 2 aliphatic rings. The molecule has 4 rings (SSSR count). The number of ether oxygens (including phenoxy) is 1. The fourth-order valence-corrected chi connectivity index (χ4v) is 4.35. The monoisotopic (exact) mass is 404 g/mol. The first-order chi connectivity index (χ1) is 11.7. The molecule has 1 saturated heterocycles. The molecule has 0 bridgehead atoms. The summed E-state index contributed by atoms with van der Waals surface area (Å²) in [4.78, 5) is 4.84. The molecule has 1 aliphatic heterocycles. The number of nitrogens with zero attached hydrogens (tertiary/aromatic N) is 2. The minimum Gasteiger partial charge on any atom is -0.376 e. The van der Waals surface area contributed by atoms with Crippen LogP contribution in [-0.2, 0) is 24.1 Å². The van der Waals surface area contributed by atoms with E-state index in [9.17, 15) is 0 Å². The van der Waals surface area contributed by atoms with E-state index in [2.05, 4.69) is 44.8 Å². The van der Waals surface area contributed by atoms with Gasteiger partial charge in [-0.05, 0) is 50.7 Å². The maximum atomic E-state index is 5.91. The van der Waals surface area contributed by atoms with Gasteiger partial charge in [-0.25, -0.2) is 4.98 Å². The van der Waals surface area contributed by atoms with E-state index in [0.29, 0.717) is 6.10 Å². The molecule has 1 aromatic heterocycles. The Morgan fingerprint density at radius 1 is 1.17 bits per heavy atom. The lowest BCUT2D eigenvalue weighted by Crippen LogP contribution is -2.24. The molecule has 0 amide bonds. The van der Waals surface area contributed by atoms with Crippen LogP contribution in [-0.4, -0.2) is 22.3 Å². The molecule has 1 aliphatic carbocycles. The summed E-state index contributed by atoms with van der Waals surface area (Å²) < 4.78 is 10.2. The van der Waals surface area contributed by atoms with Crippen molar-refractivity contribution < 1.29 is 4.74 Å². The summed E-state index contributed by atoms with van der Waals surface area (Å²) >= 11 is 9.14. The Kier molecular flexibility index (Phi) is 4.83. The summed E-state index contributed by atoms with van der Waals surface area (Å²) in [6.45, 7) is 1.77. The van der Waals surface area contributed by atoms with E-state index < -0.39 is 0 Å². The van der Waals surface area contributed by atoms with Crippen molar-refractivity contribution in [2.75, 3.05) is 6.61 Å². The summed E-state index contributed by atoms with van der Waals surface area (Å²) in [5.74, 6) is 0.989. The van der Waals surface area contributed by atoms with Gasteiger partial charge < -0.3 is 9.30 Å². The highest BCUT2D eigenvalue weighted by Gasteiger charge is 2.23. The Morgan fingerprint density at radius 2 is 1.96 bits per heavy atom. The molecule has 5 heteroatoms. The van der Waals surface area contributed by atoms with Crippen LogP contribution >= 0.6 is 28.1 Å². The Bertz CT molecular complexity index is 794. The van der Waals surface area contributed by atoms with Crippen molar-refractivity contribution in [1.82, 2.24) is 9.55 Å². The van der Waals surface area contributed by atoms with Gasteiger partial charge in [-0.15, -0.1) is 0 Å². The number of rotatable bonds is 3. The molecule has 1 aromatic carbocycles. The molecule has 24 heavy (non-hydrogen) atoms. The van der Waals surface area contributed by atoms with Gasteiger partial charge in [0.15, 0.2) is 0 Å². The Hall–Kier alpha value is -1.04. The van der Waals surface area contributed by atoms with E-state index in [1.165, 1.54) is 24.1 Å². The van der Waals surface area contributed by atoms with Crippen molar-refractivity contribution in [1.29, 1.82) is 0 Å². The number of aromatic nitrogens is 2. The lowest BCUT2D eigenvalue weighted by Gasteiger charge is -2.26. The summed E-state index contributed by atoms with van der Waals surface area (Å²) in [7, 11) is 0. The topological polar surface area (TPSA) is 27.1 Å². The van der Waals surface area contributed by atoms with Crippen LogP contribution in [0.5, 0.6) is 0 Å². The smallest absolute Gasteiger partial charge is 0.141 e. The standard InChI is InChI=1S/C19H21BrN2OS/c20-14-9-7-13(8-10-14)18-21-19(24)16-5-1-2-6-17(16)22(18)12-15-4-3-11-23-15/h7-10,15H,1-6,11-12H2/t15-/m1/s1.